The Morgan fingerprint density at radius 2 is 1.81 bits per heavy atom. The van der Waals surface area contributed by atoms with Gasteiger partial charge in [0.1, 0.15) is 29.8 Å². The molecule has 3 aliphatic carbocycles. The molecular formula is C52H62N6O14. The second-order valence-corrected chi connectivity index (χ2v) is 19.8. The van der Waals surface area contributed by atoms with Crippen molar-refractivity contribution in [3.05, 3.63) is 112 Å². The lowest BCUT2D eigenvalue weighted by Gasteiger charge is -2.55. The number of amides is 1. The van der Waals surface area contributed by atoms with Crippen molar-refractivity contribution in [3.8, 4) is 23.0 Å². The Kier molecular flexibility index (Phi) is 13.9. The average Bonchev–Trinajstić information content (AvgIpc) is 4.07. The Morgan fingerprint density at radius 1 is 1.00 bits per heavy atom. The second kappa shape index (κ2) is 19.8. The number of aliphatic carboxylic acids is 1. The first-order valence-electron chi connectivity index (χ1n) is 24.4. The number of aromatic nitrogens is 2. The van der Waals surface area contributed by atoms with E-state index in [4.69, 9.17) is 20.9 Å². The number of aromatic hydroxyl groups is 3. The van der Waals surface area contributed by atoms with Gasteiger partial charge in [-0.25, -0.2) is 9.78 Å². The lowest BCUT2D eigenvalue weighted by Crippen LogP contribution is -2.67. The van der Waals surface area contributed by atoms with Crippen molar-refractivity contribution in [1.82, 2.24) is 9.97 Å². The van der Waals surface area contributed by atoms with E-state index in [9.17, 15) is 55.9 Å². The van der Waals surface area contributed by atoms with E-state index in [1.165, 1.54) is 30.6 Å². The number of ether oxygens (including phenoxy) is 2. The molecule has 0 bridgehead atoms. The number of nitrogens with one attached hydrogen (secondary N) is 1. The van der Waals surface area contributed by atoms with Crippen LogP contribution in [0.3, 0.4) is 0 Å². The summed E-state index contributed by atoms with van der Waals surface area (Å²) in [5.74, 6) is -8.80. The fourth-order valence-corrected chi connectivity index (χ4v) is 12.6. The molecule has 20 heteroatoms. The number of nitrogens with zero attached hydrogens (tertiary/aromatic N) is 3. The smallest absolute Gasteiger partial charge is 0.355 e. The summed E-state index contributed by atoms with van der Waals surface area (Å²) in [6.07, 6.45) is 4.27. The van der Waals surface area contributed by atoms with Crippen molar-refractivity contribution >= 4 is 29.6 Å². The molecule has 5 aliphatic rings. The van der Waals surface area contributed by atoms with Crippen LogP contribution in [0.2, 0.25) is 0 Å². The molecule has 1 saturated carbocycles. The fourth-order valence-electron chi connectivity index (χ4n) is 12.6. The predicted molar refractivity (Wildman–Crippen MR) is 260 cm³/mol. The molecule has 2 fully saturated rings. The minimum atomic E-state index is -3.20. The quantitative estimate of drug-likeness (QED) is 0.0191. The van der Waals surface area contributed by atoms with Gasteiger partial charge in [0.25, 0.3) is 5.91 Å². The van der Waals surface area contributed by atoms with E-state index < -0.39 is 89.3 Å². The average molecular weight is 995 g/mol. The number of allylic oxidation sites excluding steroid dienone is 1. The minimum absolute atomic E-state index is 0.00753. The number of anilines is 1. The molecule has 11 atom stereocenters. The summed E-state index contributed by atoms with van der Waals surface area (Å²) in [5.41, 5.74) is 12.0. The number of aryl methyl sites for hydroxylation is 1. The highest BCUT2D eigenvalue weighted by atomic mass is 16.8. The molecule has 3 aromatic carbocycles. The lowest BCUT2D eigenvalue weighted by atomic mass is 9.48. The van der Waals surface area contributed by atoms with Crippen LogP contribution < -0.4 is 21.1 Å². The number of benzene rings is 3. The maximum Gasteiger partial charge on any atom is 0.355 e. The zero-order chi connectivity index (χ0) is 51.3. The number of aliphatic hydroxyl groups is 6. The molecule has 4 aromatic rings. The van der Waals surface area contributed by atoms with Crippen molar-refractivity contribution in [2.45, 2.75) is 124 Å². The maximum atomic E-state index is 15.4. The third-order valence-corrected chi connectivity index (χ3v) is 15.7. The number of aliphatic hydroxyl groups excluding tert-OH is 5. The Bertz CT molecular complexity index is 2780. The number of fused-ring (bicyclic) bond motifs is 6. The lowest BCUT2D eigenvalue weighted by molar-refractivity contribution is -0.422. The molecule has 2 aliphatic heterocycles. The summed E-state index contributed by atoms with van der Waals surface area (Å²) in [5, 5.41) is 112. The van der Waals surface area contributed by atoms with Crippen LogP contribution in [-0.2, 0) is 32.6 Å². The van der Waals surface area contributed by atoms with Gasteiger partial charge < -0.3 is 77.0 Å². The van der Waals surface area contributed by atoms with Crippen molar-refractivity contribution in [2.75, 3.05) is 18.1 Å². The number of phenols is 3. The molecule has 1 amide bonds. The van der Waals surface area contributed by atoms with Crippen LogP contribution in [0.5, 0.6) is 23.0 Å². The summed E-state index contributed by atoms with van der Waals surface area (Å²) in [6, 6.07) is 12.5. The summed E-state index contributed by atoms with van der Waals surface area (Å²) < 4.78 is 11.1. The van der Waals surface area contributed by atoms with Gasteiger partial charge in [-0.15, -0.1) is 0 Å². The topological polar surface area (TPSA) is 351 Å². The number of hydrogen-bond donors (Lipinski definition) is 13. The van der Waals surface area contributed by atoms with Crippen molar-refractivity contribution in [2.24, 2.45) is 28.3 Å². The monoisotopic (exact) mass is 994 g/mol. The summed E-state index contributed by atoms with van der Waals surface area (Å²) in [6.45, 7) is -0.641. The van der Waals surface area contributed by atoms with Gasteiger partial charge >= 0.3 is 11.9 Å². The Balaban J connectivity index is 1.22. The molecule has 72 heavy (non-hydrogen) atoms. The van der Waals surface area contributed by atoms with Crippen LogP contribution in [0.1, 0.15) is 97.2 Å². The van der Waals surface area contributed by atoms with E-state index in [0.717, 1.165) is 42.2 Å². The number of imidazole rings is 1. The molecule has 0 spiro atoms. The van der Waals surface area contributed by atoms with Gasteiger partial charge in [0.2, 0.25) is 0 Å². The molecule has 9 rings (SSSR count). The highest BCUT2D eigenvalue weighted by Gasteiger charge is 2.69. The van der Waals surface area contributed by atoms with Crippen LogP contribution >= 0.6 is 0 Å². The SMILES string of the molecule is NC(N)=NCCCC(O)CCC1=CC2(C(=O)O)C(c3cc(O)c(OC4(O)OC(CO)C(O)C(O)C4O)cc3N2C(=O)C=Cc2ccc(O)c(Cc3cnc[nH]3)c2)C1C12CCCCC1CCc1cccc(O)c12. The first kappa shape index (κ1) is 50.4. The number of nitrogens with two attached hydrogens (primary N) is 2. The van der Waals surface area contributed by atoms with Gasteiger partial charge in [-0.3, -0.25) is 14.7 Å². The number of aliphatic imine (C=N–C) groups is 1. The second-order valence-electron chi connectivity index (χ2n) is 19.8. The van der Waals surface area contributed by atoms with E-state index in [2.05, 4.69) is 15.0 Å². The molecule has 1 aromatic heterocycles. The van der Waals surface area contributed by atoms with Gasteiger partial charge in [0.05, 0.1) is 24.7 Å². The molecule has 3 heterocycles. The van der Waals surface area contributed by atoms with Crippen molar-refractivity contribution in [3.63, 3.8) is 0 Å². The number of carbonyl (C=O) groups excluding carboxylic acids is 1. The van der Waals surface area contributed by atoms with Crippen LogP contribution in [0.15, 0.2) is 83.8 Å². The van der Waals surface area contributed by atoms with Crippen LogP contribution in [0.25, 0.3) is 6.08 Å². The number of phenolic OH excluding ortho intramolecular Hbond substituents is 3. The summed E-state index contributed by atoms with van der Waals surface area (Å²) in [4.78, 5) is 42.3. The van der Waals surface area contributed by atoms with E-state index in [1.807, 2.05) is 6.07 Å². The molecular weight excluding hydrogens is 933 g/mol. The van der Waals surface area contributed by atoms with Crippen molar-refractivity contribution < 1.29 is 70.1 Å². The number of guanidine groups is 1. The summed E-state index contributed by atoms with van der Waals surface area (Å²) in [7, 11) is 0. The first-order valence-corrected chi connectivity index (χ1v) is 24.4. The zero-order valence-electron chi connectivity index (χ0n) is 39.4. The number of H-pyrrole nitrogens is 1. The van der Waals surface area contributed by atoms with Crippen LogP contribution in [-0.4, -0.2) is 134 Å². The molecule has 384 valence electrons. The normalized spacial score (nSPS) is 29.9. The molecule has 20 nitrogen and oxygen atoms in total. The Morgan fingerprint density at radius 3 is 2.54 bits per heavy atom. The number of carbonyl (C=O) groups is 2. The number of aromatic amines is 1. The zero-order valence-corrected chi connectivity index (χ0v) is 39.4. The van der Waals surface area contributed by atoms with Crippen LogP contribution in [0.4, 0.5) is 5.69 Å². The molecule has 15 N–H and O–H groups in total. The van der Waals surface area contributed by atoms with Gasteiger partial charge in [-0.05, 0) is 110 Å². The van der Waals surface area contributed by atoms with E-state index in [0.29, 0.717) is 53.6 Å². The third kappa shape index (κ3) is 8.73. The highest BCUT2D eigenvalue weighted by Crippen LogP contribution is 2.69. The number of hydrogen-bond acceptors (Lipinski definition) is 15. The fraction of sp³-hybridized carbons (Fsp3) is 0.462. The molecule has 1 saturated heterocycles. The molecule has 0 radical (unpaired) electrons. The first-order chi connectivity index (χ1) is 34.4. The van der Waals surface area contributed by atoms with Crippen LogP contribution in [0, 0.1) is 11.8 Å². The van der Waals surface area contributed by atoms with Gasteiger partial charge in [-0.2, -0.15) is 0 Å². The Labute approximate surface area is 414 Å². The molecule has 11 unspecified atom stereocenters. The summed E-state index contributed by atoms with van der Waals surface area (Å²) >= 11 is 0. The standard InChI is InChI=1S/C52H62N6O14/c53-49(54)56-18-4-7-33(60)14-12-29-23-51(48(68)69)44(43(29)50-17-2-1-6-31(50)13-11-28-5-3-8-37(62)42(28)50)34-21-38(63)39(71-52(70)47(67)46(66)45(65)40(25-59)72-52)22-35(34)58(51)41(64)16-10-27-9-15-36(61)30(19-27)20-32-24-55-26-57-32/h3,5,8-10,15-16,19,21-24,26,31,33,40,43-47,59-63,65-67,70H,1-2,4,6-7,11-14,17-18,20,25H2,(H,55,57)(H,68,69)(H4,53,54,56). The predicted octanol–water partition coefficient (Wildman–Crippen LogP) is 2.41. The maximum absolute atomic E-state index is 15.4. The largest absolute Gasteiger partial charge is 0.508 e. The van der Waals surface area contributed by atoms with E-state index in [-0.39, 0.29) is 60.4 Å². The third-order valence-electron chi connectivity index (χ3n) is 15.7. The number of carboxylic acid groups (broad SMARTS) is 1. The van der Waals surface area contributed by atoms with E-state index in [1.54, 1.807) is 36.5 Å². The number of rotatable bonds is 16. The minimum Gasteiger partial charge on any atom is -0.508 e. The Hall–Kier alpha value is -6.52. The van der Waals surface area contributed by atoms with Crippen molar-refractivity contribution in [1.29, 1.82) is 0 Å². The van der Waals surface area contributed by atoms with E-state index >= 15 is 4.79 Å². The van der Waals surface area contributed by atoms with Gasteiger partial charge in [-0.1, -0.05) is 36.6 Å². The van der Waals surface area contributed by atoms with Gasteiger partial charge in [0, 0.05) is 65.4 Å². The van der Waals surface area contributed by atoms with Gasteiger partial charge in [0.15, 0.2) is 29.1 Å². The highest BCUT2D eigenvalue weighted by molar-refractivity contribution is 6.13. The number of carboxylic acids is 1.